The molecule has 1 saturated heterocycles. The molecule has 9 heteroatoms. The van der Waals surface area contributed by atoms with E-state index in [1.165, 1.54) is 17.4 Å². The van der Waals surface area contributed by atoms with Gasteiger partial charge in [-0.05, 0) is 35.7 Å². The van der Waals surface area contributed by atoms with Gasteiger partial charge in [0.25, 0.3) is 0 Å². The van der Waals surface area contributed by atoms with E-state index in [-0.39, 0.29) is 5.91 Å². The second-order valence-electron chi connectivity index (χ2n) is 6.93. The summed E-state index contributed by atoms with van der Waals surface area (Å²) >= 11 is 3.06. The molecule has 1 fully saturated rings. The van der Waals surface area contributed by atoms with Gasteiger partial charge in [-0.2, -0.15) is 9.61 Å². The maximum Gasteiger partial charge on any atom is 0.233 e. The van der Waals surface area contributed by atoms with Crippen molar-refractivity contribution < 1.29 is 4.79 Å². The molecule has 0 bridgehead atoms. The zero-order valence-electron chi connectivity index (χ0n) is 16.2. The predicted molar refractivity (Wildman–Crippen MR) is 120 cm³/mol. The van der Waals surface area contributed by atoms with Crippen molar-refractivity contribution >= 4 is 40.3 Å². The lowest BCUT2D eigenvalue weighted by molar-refractivity contribution is -0.128. The van der Waals surface area contributed by atoms with Crippen LogP contribution in [-0.2, 0) is 4.79 Å². The van der Waals surface area contributed by atoms with E-state index in [0.717, 1.165) is 41.9 Å². The number of amides is 1. The van der Waals surface area contributed by atoms with Gasteiger partial charge in [0, 0.05) is 31.9 Å². The van der Waals surface area contributed by atoms with Gasteiger partial charge in [-0.25, -0.2) is 0 Å². The standard InChI is InChI=1S/C21H20N6OS2/c28-20(26-12-10-25(11-13-26)16-5-2-1-3-6-16)15-30-19-9-8-18-22-23-21(27(18)24-19)17-7-4-14-29-17/h1-9,14H,10-13,15H2. The summed E-state index contributed by atoms with van der Waals surface area (Å²) in [4.78, 5) is 18.0. The minimum absolute atomic E-state index is 0.150. The highest BCUT2D eigenvalue weighted by Crippen LogP contribution is 2.24. The van der Waals surface area contributed by atoms with Gasteiger partial charge >= 0.3 is 0 Å². The van der Waals surface area contributed by atoms with Crippen LogP contribution in [0.4, 0.5) is 5.69 Å². The molecule has 0 radical (unpaired) electrons. The summed E-state index contributed by atoms with van der Waals surface area (Å²) in [6, 6.07) is 18.1. The normalized spacial score (nSPS) is 14.4. The molecule has 30 heavy (non-hydrogen) atoms. The molecule has 152 valence electrons. The topological polar surface area (TPSA) is 66.6 Å². The van der Waals surface area contributed by atoms with Crippen molar-refractivity contribution in [2.45, 2.75) is 5.03 Å². The number of benzene rings is 1. The van der Waals surface area contributed by atoms with Crippen LogP contribution in [0.2, 0.25) is 0 Å². The summed E-state index contributed by atoms with van der Waals surface area (Å²) in [5.74, 6) is 1.25. The summed E-state index contributed by atoms with van der Waals surface area (Å²) in [5.41, 5.74) is 1.91. The number of rotatable bonds is 5. The van der Waals surface area contributed by atoms with Crippen LogP contribution in [0.5, 0.6) is 0 Å². The summed E-state index contributed by atoms with van der Waals surface area (Å²) in [5, 5.41) is 15.9. The second-order valence-corrected chi connectivity index (χ2v) is 8.88. The van der Waals surface area contributed by atoms with E-state index >= 15 is 0 Å². The lowest BCUT2D eigenvalue weighted by Crippen LogP contribution is -2.49. The Hall–Kier alpha value is -2.91. The number of thioether (sulfide) groups is 1. The van der Waals surface area contributed by atoms with Crippen molar-refractivity contribution in [3.63, 3.8) is 0 Å². The Labute approximate surface area is 182 Å². The number of anilines is 1. The zero-order chi connectivity index (χ0) is 20.3. The van der Waals surface area contributed by atoms with Crippen LogP contribution in [0, 0.1) is 0 Å². The van der Waals surface area contributed by atoms with E-state index in [9.17, 15) is 4.79 Å². The van der Waals surface area contributed by atoms with Gasteiger partial charge in [-0.3, -0.25) is 4.79 Å². The fourth-order valence-electron chi connectivity index (χ4n) is 3.49. The molecule has 1 aliphatic rings. The van der Waals surface area contributed by atoms with Crippen LogP contribution in [-0.4, -0.2) is 62.6 Å². The Bertz CT molecular complexity index is 1140. The number of nitrogens with zero attached hydrogens (tertiary/aromatic N) is 6. The molecule has 0 unspecified atom stereocenters. The predicted octanol–water partition coefficient (Wildman–Crippen LogP) is 3.29. The van der Waals surface area contributed by atoms with Crippen LogP contribution in [0.25, 0.3) is 16.3 Å². The molecule has 0 N–H and O–H groups in total. The first-order chi connectivity index (χ1) is 14.8. The molecule has 5 rings (SSSR count). The monoisotopic (exact) mass is 436 g/mol. The van der Waals surface area contributed by atoms with Gasteiger partial charge in [-0.15, -0.1) is 21.5 Å². The highest BCUT2D eigenvalue weighted by molar-refractivity contribution is 7.99. The molecular weight excluding hydrogens is 416 g/mol. The molecule has 0 spiro atoms. The number of para-hydroxylation sites is 1. The molecule has 7 nitrogen and oxygen atoms in total. The summed E-state index contributed by atoms with van der Waals surface area (Å²) in [7, 11) is 0. The average Bonchev–Trinajstić information content (AvgIpc) is 3.47. The molecule has 4 heterocycles. The van der Waals surface area contributed by atoms with E-state index in [0.29, 0.717) is 11.4 Å². The molecule has 4 aromatic rings. The SMILES string of the molecule is O=C(CSc1ccc2nnc(-c3cccs3)n2n1)N1CCN(c2ccccc2)CC1. The fourth-order valence-corrected chi connectivity index (χ4v) is 4.94. The third kappa shape index (κ3) is 3.90. The van der Waals surface area contributed by atoms with E-state index in [1.54, 1.807) is 15.9 Å². The van der Waals surface area contributed by atoms with Crippen molar-refractivity contribution in [3.05, 3.63) is 60.0 Å². The molecule has 0 saturated carbocycles. The highest BCUT2D eigenvalue weighted by Gasteiger charge is 2.21. The van der Waals surface area contributed by atoms with Crippen LogP contribution in [0.15, 0.2) is 65.0 Å². The van der Waals surface area contributed by atoms with Gasteiger partial charge < -0.3 is 9.80 Å². The number of thiophene rings is 1. The van der Waals surface area contributed by atoms with Crippen LogP contribution >= 0.6 is 23.1 Å². The third-order valence-electron chi connectivity index (χ3n) is 5.08. The largest absolute Gasteiger partial charge is 0.368 e. The fraction of sp³-hybridized carbons (Fsp3) is 0.238. The minimum Gasteiger partial charge on any atom is -0.368 e. The third-order valence-corrected chi connectivity index (χ3v) is 6.85. The van der Waals surface area contributed by atoms with Crippen LogP contribution < -0.4 is 4.90 Å². The molecule has 0 atom stereocenters. The molecule has 1 amide bonds. The maximum absolute atomic E-state index is 12.7. The molecule has 1 aromatic carbocycles. The maximum atomic E-state index is 12.7. The van der Waals surface area contributed by atoms with Gasteiger partial charge in [0.2, 0.25) is 5.91 Å². The van der Waals surface area contributed by atoms with Gasteiger partial charge in [0.05, 0.1) is 10.6 Å². The zero-order valence-corrected chi connectivity index (χ0v) is 17.9. The molecule has 1 aliphatic heterocycles. The number of piperazine rings is 1. The van der Waals surface area contributed by atoms with E-state index in [4.69, 9.17) is 0 Å². The minimum atomic E-state index is 0.150. The quantitative estimate of drug-likeness (QED) is 0.447. The summed E-state index contributed by atoms with van der Waals surface area (Å²) in [6.45, 7) is 3.20. The van der Waals surface area contributed by atoms with E-state index < -0.39 is 0 Å². The number of hydrogen-bond acceptors (Lipinski definition) is 7. The Balaban J connectivity index is 1.21. The van der Waals surface area contributed by atoms with Gasteiger partial charge in [0.1, 0.15) is 5.03 Å². The lowest BCUT2D eigenvalue weighted by atomic mass is 10.2. The van der Waals surface area contributed by atoms with E-state index in [1.807, 2.05) is 52.7 Å². The number of carbonyl (C=O) groups is 1. The van der Waals surface area contributed by atoms with Crippen LogP contribution in [0.1, 0.15) is 0 Å². The van der Waals surface area contributed by atoms with Crippen molar-refractivity contribution in [3.8, 4) is 10.7 Å². The van der Waals surface area contributed by atoms with Gasteiger partial charge in [0.15, 0.2) is 11.5 Å². The smallest absolute Gasteiger partial charge is 0.233 e. The molecular formula is C21H20N6OS2. The molecule has 0 aliphatic carbocycles. The van der Waals surface area contributed by atoms with Crippen molar-refractivity contribution in [1.29, 1.82) is 0 Å². The number of carbonyl (C=O) groups excluding carboxylic acids is 1. The first-order valence-electron chi connectivity index (χ1n) is 9.75. The Morgan fingerprint density at radius 1 is 0.967 bits per heavy atom. The van der Waals surface area contributed by atoms with Crippen molar-refractivity contribution in [2.75, 3.05) is 36.8 Å². The van der Waals surface area contributed by atoms with Crippen molar-refractivity contribution in [1.82, 2.24) is 24.7 Å². The number of fused-ring (bicyclic) bond motifs is 1. The average molecular weight is 437 g/mol. The number of aromatic nitrogens is 4. The lowest BCUT2D eigenvalue weighted by Gasteiger charge is -2.36. The highest BCUT2D eigenvalue weighted by atomic mass is 32.2. The first kappa shape index (κ1) is 19.1. The molecule has 3 aromatic heterocycles. The van der Waals surface area contributed by atoms with Crippen molar-refractivity contribution in [2.24, 2.45) is 0 Å². The van der Waals surface area contributed by atoms with Gasteiger partial charge in [-0.1, -0.05) is 36.0 Å². The Morgan fingerprint density at radius 2 is 1.80 bits per heavy atom. The summed E-state index contributed by atoms with van der Waals surface area (Å²) < 4.78 is 1.75. The Morgan fingerprint density at radius 3 is 2.57 bits per heavy atom. The van der Waals surface area contributed by atoms with E-state index in [2.05, 4.69) is 32.3 Å². The number of hydrogen-bond donors (Lipinski definition) is 0. The van der Waals surface area contributed by atoms with Crippen LogP contribution in [0.3, 0.4) is 0 Å². The second kappa shape index (κ2) is 8.45. The summed E-state index contributed by atoms with van der Waals surface area (Å²) in [6.07, 6.45) is 0. The Kier molecular flexibility index (Phi) is 5.37. The first-order valence-corrected chi connectivity index (χ1v) is 11.6.